The molecular weight excluding hydrogens is 459 g/mol. The average Bonchev–Trinajstić information content (AvgIpc) is 3.26. The van der Waals surface area contributed by atoms with Crippen molar-refractivity contribution in [2.45, 2.75) is 25.1 Å². The van der Waals surface area contributed by atoms with Gasteiger partial charge in [-0.2, -0.15) is 23.1 Å². The molecule has 2 fully saturated rings. The van der Waals surface area contributed by atoms with E-state index in [2.05, 4.69) is 20.2 Å². The fourth-order valence-corrected chi connectivity index (χ4v) is 4.58. The molecule has 1 amide bonds. The summed E-state index contributed by atoms with van der Waals surface area (Å²) in [6.07, 6.45) is -1.18. The summed E-state index contributed by atoms with van der Waals surface area (Å²) in [4.78, 5) is 22.0. The first kappa shape index (κ1) is 20.8. The minimum atomic E-state index is -4.74. The number of hydrogen-bond donors (Lipinski definition) is 1. The molecule has 0 spiro atoms. The molecule has 1 saturated heterocycles. The molecule has 1 aliphatic heterocycles. The second kappa shape index (κ2) is 7.08. The molecule has 1 N–H and O–H groups in total. The Bertz CT molecular complexity index is 1420. The number of benzene rings is 2. The zero-order chi connectivity index (χ0) is 23.8. The van der Waals surface area contributed by atoms with Crippen LogP contribution < -0.4 is 4.90 Å². The zero-order valence-corrected chi connectivity index (χ0v) is 17.2. The van der Waals surface area contributed by atoms with E-state index in [0.29, 0.717) is 22.2 Å². The third-order valence-corrected chi connectivity index (χ3v) is 6.33. The van der Waals surface area contributed by atoms with Crippen molar-refractivity contribution in [3.05, 3.63) is 65.7 Å². The van der Waals surface area contributed by atoms with E-state index in [1.807, 2.05) is 0 Å². The molecule has 2 aromatic carbocycles. The SMILES string of the molecule is O=C1[C@H](C2CC2)[C@H](c2c(F)cc(-n3ncc(C(F)(F)F)n3)cc2F)N1c1ccc2[nH]cnc2c1. The molecular formula is C22H15F5N6O. The summed E-state index contributed by atoms with van der Waals surface area (Å²) in [6.45, 7) is 0. The molecule has 1 saturated carbocycles. The van der Waals surface area contributed by atoms with E-state index in [1.54, 1.807) is 18.2 Å². The van der Waals surface area contributed by atoms with Gasteiger partial charge in [0.2, 0.25) is 5.91 Å². The molecule has 4 aromatic rings. The van der Waals surface area contributed by atoms with Crippen LogP contribution in [0.1, 0.15) is 30.1 Å². The van der Waals surface area contributed by atoms with Crippen molar-refractivity contribution < 1.29 is 26.7 Å². The number of hydrogen-bond acceptors (Lipinski definition) is 4. The lowest BCUT2D eigenvalue weighted by atomic mass is 9.78. The van der Waals surface area contributed by atoms with Crippen LogP contribution in [-0.4, -0.2) is 30.9 Å². The first-order valence-corrected chi connectivity index (χ1v) is 10.5. The first-order chi connectivity index (χ1) is 16.2. The van der Waals surface area contributed by atoms with Crippen molar-refractivity contribution in [3.8, 4) is 5.69 Å². The van der Waals surface area contributed by atoms with E-state index < -0.39 is 35.5 Å². The number of halogens is 5. The van der Waals surface area contributed by atoms with Crippen LogP contribution >= 0.6 is 0 Å². The van der Waals surface area contributed by atoms with Gasteiger partial charge in [-0.25, -0.2) is 13.8 Å². The number of β-lactam (4-membered cyclic amide) rings is 1. The van der Waals surface area contributed by atoms with Gasteiger partial charge in [-0.3, -0.25) is 4.79 Å². The highest BCUT2D eigenvalue weighted by molar-refractivity contribution is 6.04. The third-order valence-electron chi connectivity index (χ3n) is 6.33. The minimum absolute atomic E-state index is 0.0310. The molecule has 2 aliphatic rings. The number of rotatable bonds is 4. The molecule has 12 heteroatoms. The lowest BCUT2D eigenvalue weighted by Crippen LogP contribution is -2.56. The summed E-state index contributed by atoms with van der Waals surface area (Å²) < 4.78 is 69.1. The van der Waals surface area contributed by atoms with Crippen LogP contribution in [-0.2, 0) is 11.0 Å². The maximum atomic E-state index is 15.3. The number of anilines is 1. The molecule has 2 aromatic heterocycles. The van der Waals surface area contributed by atoms with Crippen LogP contribution in [0.2, 0.25) is 0 Å². The average molecular weight is 474 g/mol. The van der Waals surface area contributed by atoms with Gasteiger partial charge >= 0.3 is 6.18 Å². The molecule has 34 heavy (non-hydrogen) atoms. The summed E-state index contributed by atoms with van der Waals surface area (Å²) in [5.74, 6) is -2.76. The van der Waals surface area contributed by atoms with Crippen molar-refractivity contribution in [3.63, 3.8) is 0 Å². The fourth-order valence-electron chi connectivity index (χ4n) is 4.58. The topological polar surface area (TPSA) is 79.7 Å². The highest BCUT2D eigenvalue weighted by Crippen LogP contribution is 2.55. The molecule has 174 valence electrons. The molecule has 7 nitrogen and oxygen atoms in total. The van der Waals surface area contributed by atoms with E-state index >= 15 is 8.78 Å². The standard InChI is InChI=1S/C22H15F5N6O/c23-13-5-12(33-30-8-17(31-33)22(25,26)27)6-14(24)19(13)20-18(10-1-2-10)21(34)32(20)11-3-4-15-16(7-11)29-9-28-15/h3-10,18,20H,1-2H2,(H,28,29)/t18-,20-/m1/s1. The summed E-state index contributed by atoms with van der Waals surface area (Å²) in [7, 11) is 0. The lowest BCUT2D eigenvalue weighted by molar-refractivity contribution is -0.141. The van der Waals surface area contributed by atoms with Crippen LogP contribution in [0.25, 0.3) is 16.7 Å². The number of aromatic nitrogens is 5. The Morgan fingerprint density at radius 1 is 1.03 bits per heavy atom. The number of alkyl halides is 3. The second-order valence-electron chi connectivity index (χ2n) is 8.46. The highest BCUT2D eigenvalue weighted by atomic mass is 19.4. The Labute approximate surface area is 188 Å². The predicted molar refractivity (Wildman–Crippen MR) is 109 cm³/mol. The number of nitrogens with zero attached hydrogens (tertiary/aromatic N) is 5. The number of fused-ring (bicyclic) bond motifs is 1. The number of carbonyl (C=O) groups is 1. The van der Waals surface area contributed by atoms with Crippen molar-refractivity contribution in [2.75, 3.05) is 4.90 Å². The van der Waals surface area contributed by atoms with Crippen molar-refractivity contribution in [1.29, 1.82) is 0 Å². The number of nitrogens with one attached hydrogen (secondary N) is 1. The Morgan fingerprint density at radius 2 is 1.76 bits per heavy atom. The molecule has 0 radical (unpaired) electrons. The molecule has 2 atom stereocenters. The van der Waals surface area contributed by atoms with Gasteiger partial charge in [-0.1, -0.05) is 0 Å². The maximum Gasteiger partial charge on any atom is 0.436 e. The van der Waals surface area contributed by atoms with Gasteiger partial charge in [0.1, 0.15) is 11.6 Å². The Morgan fingerprint density at radius 3 is 2.41 bits per heavy atom. The van der Waals surface area contributed by atoms with E-state index in [9.17, 15) is 18.0 Å². The van der Waals surface area contributed by atoms with Gasteiger partial charge in [0.25, 0.3) is 0 Å². The van der Waals surface area contributed by atoms with Crippen molar-refractivity contribution in [1.82, 2.24) is 25.0 Å². The van der Waals surface area contributed by atoms with E-state index in [0.717, 1.165) is 30.5 Å². The number of H-pyrrole nitrogens is 1. The third kappa shape index (κ3) is 3.16. The van der Waals surface area contributed by atoms with Gasteiger partial charge in [-0.05, 0) is 37.0 Å². The van der Waals surface area contributed by atoms with E-state index in [-0.39, 0.29) is 23.1 Å². The van der Waals surface area contributed by atoms with Crippen LogP contribution in [0.3, 0.4) is 0 Å². The van der Waals surface area contributed by atoms with Gasteiger partial charge in [0.15, 0.2) is 5.69 Å². The largest absolute Gasteiger partial charge is 0.436 e. The summed E-state index contributed by atoms with van der Waals surface area (Å²) in [5, 5.41) is 6.74. The molecule has 3 heterocycles. The Hall–Kier alpha value is -3.83. The second-order valence-corrected chi connectivity index (χ2v) is 8.46. The van der Waals surface area contributed by atoms with Crippen LogP contribution in [0.5, 0.6) is 0 Å². The van der Waals surface area contributed by atoms with E-state index in [4.69, 9.17) is 0 Å². The van der Waals surface area contributed by atoms with Crippen LogP contribution in [0.15, 0.2) is 42.9 Å². The van der Waals surface area contributed by atoms with Gasteiger partial charge in [0.05, 0.1) is 41.2 Å². The van der Waals surface area contributed by atoms with Crippen LogP contribution in [0.4, 0.5) is 27.6 Å². The number of imidazole rings is 1. The summed E-state index contributed by atoms with van der Waals surface area (Å²) in [5.41, 5.74) is -0.0919. The zero-order valence-electron chi connectivity index (χ0n) is 17.2. The van der Waals surface area contributed by atoms with Crippen molar-refractivity contribution in [2.24, 2.45) is 11.8 Å². The smallest absolute Gasteiger partial charge is 0.345 e. The summed E-state index contributed by atoms with van der Waals surface area (Å²) in [6, 6.07) is 5.92. The van der Waals surface area contributed by atoms with Gasteiger partial charge in [0, 0.05) is 23.4 Å². The first-order valence-electron chi connectivity index (χ1n) is 10.5. The predicted octanol–water partition coefficient (Wildman–Crippen LogP) is 4.55. The highest BCUT2D eigenvalue weighted by Gasteiger charge is 2.56. The van der Waals surface area contributed by atoms with E-state index in [1.165, 1.54) is 11.2 Å². The molecule has 0 bridgehead atoms. The lowest BCUT2D eigenvalue weighted by Gasteiger charge is -2.48. The maximum absolute atomic E-state index is 15.3. The van der Waals surface area contributed by atoms with Gasteiger partial charge in [-0.15, -0.1) is 5.10 Å². The number of aromatic amines is 1. The minimum Gasteiger partial charge on any atom is -0.345 e. The van der Waals surface area contributed by atoms with Gasteiger partial charge < -0.3 is 9.88 Å². The van der Waals surface area contributed by atoms with Crippen molar-refractivity contribution >= 4 is 22.6 Å². The number of carbonyl (C=O) groups excluding carboxylic acids is 1. The van der Waals surface area contributed by atoms with Crippen LogP contribution in [0, 0.1) is 23.5 Å². The molecule has 0 unspecified atom stereocenters. The monoisotopic (exact) mass is 474 g/mol. The summed E-state index contributed by atoms with van der Waals surface area (Å²) >= 11 is 0. The Kier molecular flexibility index (Phi) is 4.32. The quantitative estimate of drug-likeness (QED) is 0.348. The molecule has 1 aliphatic carbocycles. The fraction of sp³-hybridized carbons (Fsp3) is 0.273. The normalized spacial score (nSPS) is 20.7. The Balaban J connectivity index is 1.41. The number of amides is 1. The molecule has 6 rings (SSSR count).